The van der Waals surface area contributed by atoms with Crippen molar-refractivity contribution < 1.29 is 18.3 Å². The first-order chi connectivity index (χ1) is 8.78. The molecule has 0 radical (unpaired) electrons. The fourth-order valence-electron chi connectivity index (χ4n) is 1.43. The van der Waals surface area contributed by atoms with Crippen LogP contribution in [0.1, 0.15) is 6.92 Å². The minimum absolute atomic E-state index is 0.00799. The quantitative estimate of drug-likeness (QED) is 0.854. The number of carbonyl (C=O) groups is 1. The number of sulfonamides is 1. The van der Waals surface area contributed by atoms with Crippen molar-refractivity contribution in [1.82, 2.24) is 9.21 Å². The van der Waals surface area contributed by atoms with Crippen molar-refractivity contribution in [3.63, 3.8) is 0 Å². The van der Waals surface area contributed by atoms with Gasteiger partial charge in [-0.15, -0.1) is 0 Å². The second-order valence-corrected chi connectivity index (χ2v) is 6.15. The fraction of sp³-hybridized carbons (Fsp3) is 0.417. The number of hydrogen-bond donors (Lipinski definition) is 1. The highest BCUT2D eigenvalue weighted by Gasteiger charge is 2.25. The van der Waals surface area contributed by atoms with E-state index in [1.54, 1.807) is 21.0 Å². The molecule has 0 aliphatic carbocycles. The molecule has 1 aromatic carbocycles. The summed E-state index contributed by atoms with van der Waals surface area (Å²) in [4.78, 5) is 13.0. The van der Waals surface area contributed by atoms with Crippen molar-refractivity contribution in [2.24, 2.45) is 0 Å². The number of phenols is 1. The summed E-state index contributed by atoms with van der Waals surface area (Å²) in [5.41, 5.74) is 0. The van der Waals surface area contributed by atoms with Crippen molar-refractivity contribution in [1.29, 1.82) is 0 Å². The Hall–Kier alpha value is -1.60. The van der Waals surface area contributed by atoms with Gasteiger partial charge >= 0.3 is 0 Å². The number of aromatic hydroxyl groups is 1. The first-order valence-electron chi connectivity index (χ1n) is 5.78. The molecule has 0 heterocycles. The molecule has 0 fully saturated rings. The normalized spacial score (nSPS) is 11.6. The largest absolute Gasteiger partial charge is 0.508 e. The summed E-state index contributed by atoms with van der Waals surface area (Å²) in [5.74, 6) is -0.296. The van der Waals surface area contributed by atoms with Crippen LogP contribution in [0.2, 0.25) is 0 Å². The Balaban J connectivity index is 3.02. The van der Waals surface area contributed by atoms with E-state index in [0.29, 0.717) is 0 Å². The number of likely N-dealkylation sites (N-methyl/N-ethyl adjacent to an activating group) is 2. The van der Waals surface area contributed by atoms with Crippen LogP contribution < -0.4 is 0 Å². The van der Waals surface area contributed by atoms with Gasteiger partial charge in [-0.3, -0.25) is 4.79 Å². The van der Waals surface area contributed by atoms with Gasteiger partial charge in [0.2, 0.25) is 15.9 Å². The Morgan fingerprint density at radius 1 is 1.21 bits per heavy atom. The average molecular weight is 286 g/mol. The number of benzene rings is 1. The Kier molecular flexibility index (Phi) is 4.90. The van der Waals surface area contributed by atoms with Crippen molar-refractivity contribution in [2.45, 2.75) is 11.8 Å². The fourth-order valence-corrected chi connectivity index (χ4v) is 2.82. The first kappa shape index (κ1) is 15.5. The molecule has 19 heavy (non-hydrogen) atoms. The molecule has 0 aliphatic heterocycles. The highest BCUT2D eigenvalue weighted by Crippen LogP contribution is 2.18. The third-order valence-corrected chi connectivity index (χ3v) is 4.57. The molecular weight excluding hydrogens is 268 g/mol. The van der Waals surface area contributed by atoms with Crippen LogP contribution in [0, 0.1) is 0 Å². The van der Waals surface area contributed by atoms with Crippen LogP contribution in [-0.4, -0.2) is 55.8 Å². The van der Waals surface area contributed by atoms with Crippen LogP contribution in [0.15, 0.2) is 29.2 Å². The first-order valence-corrected chi connectivity index (χ1v) is 7.22. The van der Waals surface area contributed by atoms with Crippen LogP contribution in [0.3, 0.4) is 0 Å². The maximum atomic E-state index is 12.3. The van der Waals surface area contributed by atoms with Crippen molar-refractivity contribution in [3.05, 3.63) is 24.3 Å². The van der Waals surface area contributed by atoms with E-state index in [2.05, 4.69) is 0 Å². The summed E-state index contributed by atoms with van der Waals surface area (Å²) >= 11 is 0. The predicted molar refractivity (Wildman–Crippen MR) is 71.2 cm³/mol. The van der Waals surface area contributed by atoms with E-state index in [0.717, 1.165) is 4.31 Å². The van der Waals surface area contributed by atoms with Gasteiger partial charge in [0.15, 0.2) is 0 Å². The van der Waals surface area contributed by atoms with E-state index in [9.17, 15) is 13.2 Å². The van der Waals surface area contributed by atoms with Gasteiger partial charge in [0.05, 0.1) is 11.4 Å². The molecule has 0 atom stereocenters. The van der Waals surface area contributed by atoms with E-state index in [1.807, 2.05) is 0 Å². The lowest BCUT2D eigenvalue weighted by atomic mass is 10.3. The van der Waals surface area contributed by atoms with Crippen LogP contribution in [0.4, 0.5) is 0 Å². The summed E-state index contributed by atoms with van der Waals surface area (Å²) in [7, 11) is -0.576. The zero-order valence-corrected chi connectivity index (χ0v) is 12.0. The van der Waals surface area contributed by atoms with Crippen LogP contribution in [0.25, 0.3) is 0 Å². The van der Waals surface area contributed by atoms with Crippen LogP contribution in [-0.2, 0) is 14.8 Å². The standard InChI is InChI=1S/C12H18N2O4S/c1-4-14(9-12(16)13(2)3)19(17,18)11-7-5-10(15)6-8-11/h5-8,15H,4,9H2,1-3H3. The molecule has 1 rings (SSSR count). The number of amides is 1. The van der Waals surface area contributed by atoms with Gasteiger partial charge in [-0.05, 0) is 24.3 Å². The number of carbonyl (C=O) groups excluding carboxylic acids is 1. The van der Waals surface area contributed by atoms with Gasteiger partial charge < -0.3 is 10.0 Å². The molecule has 0 spiro atoms. The lowest BCUT2D eigenvalue weighted by Gasteiger charge is -2.21. The third kappa shape index (κ3) is 3.68. The maximum absolute atomic E-state index is 12.3. The average Bonchev–Trinajstić information content (AvgIpc) is 2.35. The number of phenolic OH excluding ortho intramolecular Hbond substituents is 1. The van der Waals surface area contributed by atoms with Crippen LogP contribution in [0.5, 0.6) is 5.75 Å². The van der Waals surface area contributed by atoms with E-state index in [1.165, 1.54) is 29.2 Å². The topological polar surface area (TPSA) is 77.9 Å². The van der Waals surface area contributed by atoms with Gasteiger partial charge in [-0.2, -0.15) is 4.31 Å². The molecule has 0 saturated heterocycles. The van der Waals surface area contributed by atoms with Gasteiger partial charge in [0.1, 0.15) is 5.75 Å². The molecule has 6 nitrogen and oxygen atoms in total. The van der Waals surface area contributed by atoms with Crippen molar-refractivity contribution >= 4 is 15.9 Å². The molecule has 1 aromatic rings. The maximum Gasteiger partial charge on any atom is 0.243 e. The molecule has 0 bridgehead atoms. The zero-order valence-electron chi connectivity index (χ0n) is 11.2. The van der Waals surface area contributed by atoms with Gasteiger partial charge in [0.25, 0.3) is 0 Å². The molecule has 1 amide bonds. The van der Waals surface area contributed by atoms with E-state index < -0.39 is 10.0 Å². The zero-order chi connectivity index (χ0) is 14.6. The van der Waals surface area contributed by atoms with Gasteiger partial charge in [-0.1, -0.05) is 6.92 Å². The highest BCUT2D eigenvalue weighted by atomic mass is 32.2. The minimum atomic E-state index is -3.72. The number of nitrogens with zero attached hydrogens (tertiary/aromatic N) is 2. The monoisotopic (exact) mass is 286 g/mol. The van der Waals surface area contributed by atoms with Crippen LogP contribution >= 0.6 is 0 Å². The number of rotatable bonds is 5. The van der Waals surface area contributed by atoms with E-state index in [-0.39, 0.29) is 29.6 Å². The number of hydrogen-bond acceptors (Lipinski definition) is 4. The molecule has 1 N–H and O–H groups in total. The molecular formula is C12H18N2O4S. The lowest BCUT2D eigenvalue weighted by Crippen LogP contribution is -2.40. The summed E-state index contributed by atoms with van der Waals surface area (Å²) in [6, 6.07) is 5.23. The van der Waals surface area contributed by atoms with Gasteiger partial charge in [-0.25, -0.2) is 8.42 Å². The molecule has 0 aromatic heterocycles. The highest BCUT2D eigenvalue weighted by molar-refractivity contribution is 7.89. The molecule has 0 saturated carbocycles. The predicted octanol–water partition coefficient (Wildman–Crippen LogP) is 0.491. The summed E-state index contributed by atoms with van der Waals surface area (Å²) < 4.78 is 25.7. The molecule has 7 heteroatoms. The second kappa shape index (κ2) is 6.03. The van der Waals surface area contributed by atoms with Crippen molar-refractivity contribution in [3.8, 4) is 5.75 Å². The van der Waals surface area contributed by atoms with E-state index >= 15 is 0 Å². The third-order valence-electron chi connectivity index (χ3n) is 2.64. The Morgan fingerprint density at radius 2 is 1.74 bits per heavy atom. The second-order valence-electron chi connectivity index (χ2n) is 4.21. The van der Waals surface area contributed by atoms with Crippen molar-refractivity contribution in [2.75, 3.05) is 27.2 Å². The Labute approximate surface area is 113 Å². The summed E-state index contributed by atoms with van der Waals surface area (Å²) in [5, 5.41) is 9.17. The van der Waals surface area contributed by atoms with E-state index in [4.69, 9.17) is 5.11 Å². The SMILES string of the molecule is CCN(CC(=O)N(C)C)S(=O)(=O)c1ccc(O)cc1. The Morgan fingerprint density at radius 3 is 2.16 bits per heavy atom. The smallest absolute Gasteiger partial charge is 0.243 e. The molecule has 0 unspecified atom stereocenters. The Bertz CT molecular complexity index is 537. The summed E-state index contributed by atoms with van der Waals surface area (Å²) in [6.45, 7) is 1.66. The lowest BCUT2D eigenvalue weighted by molar-refractivity contribution is -0.128. The molecule has 106 valence electrons. The van der Waals surface area contributed by atoms with Gasteiger partial charge in [0, 0.05) is 20.6 Å². The minimum Gasteiger partial charge on any atom is -0.508 e. The summed E-state index contributed by atoms with van der Waals surface area (Å²) in [6.07, 6.45) is 0. The molecule has 0 aliphatic rings.